The van der Waals surface area contributed by atoms with Gasteiger partial charge in [0.2, 0.25) is 0 Å². The van der Waals surface area contributed by atoms with Crippen molar-refractivity contribution >= 4 is 11.8 Å². The summed E-state index contributed by atoms with van der Waals surface area (Å²) in [6.45, 7) is 14.3. The Morgan fingerprint density at radius 1 is 1.13 bits per heavy atom. The van der Waals surface area contributed by atoms with Crippen LogP contribution in [0.2, 0.25) is 0 Å². The summed E-state index contributed by atoms with van der Waals surface area (Å²) in [6.07, 6.45) is 2.46. The molecule has 0 aromatic heterocycles. The molecule has 1 heterocycles. The van der Waals surface area contributed by atoms with Crippen molar-refractivity contribution in [1.82, 2.24) is 15.5 Å². The molecule has 1 aromatic rings. The van der Waals surface area contributed by atoms with Gasteiger partial charge in [-0.2, -0.15) is 0 Å². The first-order chi connectivity index (χ1) is 14.3. The molecule has 2 amide bonds. The summed E-state index contributed by atoms with van der Waals surface area (Å²) in [6, 6.07) is 6.79. The molecule has 30 heavy (non-hydrogen) atoms. The Morgan fingerprint density at radius 2 is 1.83 bits per heavy atom. The van der Waals surface area contributed by atoms with Crippen molar-refractivity contribution in [3.8, 4) is 0 Å². The summed E-state index contributed by atoms with van der Waals surface area (Å²) in [5.74, 6) is -1.22. The number of aliphatic hydroxyl groups is 1. The second-order valence-corrected chi connectivity index (χ2v) is 7.79. The lowest BCUT2D eigenvalue weighted by molar-refractivity contribution is -0.127. The fourth-order valence-electron chi connectivity index (χ4n) is 3.20. The van der Waals surface area contributed by atoms with E-state index in [9.17, 15) is 14.7 Å². The second kappa shape index (κ2) is 13.1. The van der Waals surface area contributed by atoms with E-state index in [2.05, 4.69) is 56.5 Å². The Balaban J connectivity index is 0.00000218. The number of nitrogens with zero attached hydrogens (tertiary/aromatic N) is 1. The van der Waals surface area contributed by atoms with Gasteiger partial charge in [0.25, 0.3) is 11.8 Å². The summed E-state index contributed by atoms with van der Waals surface area (Å²) < 4.78 is 0. The predicted octanol–water partition coefficient (Wildman–Crippen LogP) is 3.42. The van der Waals surface area contributed by atoms with E-state index in [0.717, 1.165) is 25.8 Å². The molecule has 1 aliphatic rings. The van der Waals surface area contributed by atoms with Crippen molar-refractivity contribution in [2.24, 2.45) is 0 Å². The van der Waals surface area contributed by atoms with Crippen LogP contribution in [-0.4, -0.2) is 54.0 Å². The summed E-state index contributed by atoms with van der Waals surface area (Å²) >= 11 is 0. The van der Waals surface area contributed by atoms with Gasteiger partial charge in [-0.3, -0.25) is 9.59 Å². The number of nitrogens with one attached hydrogen (secondary N) is 2. The molecule has 168 valence electrons. The highest BCUT2D eigenvalue weighted by Gasteiger charge is 2.33. The SMILES string of the molecule is CC.Cc1ccc(CCCNC(=O)C2=C(O)C(=O)N(CCCNC(C)C)C2)cc1C. The molecule has 0 saturated heterocycles. The lowest BCUT2D eigenvalue weighted by Gasteiger charge is -2.16. The molecule has 0 atom stereocenters. The van der Waals surface area contributed by atoms with Gasteiger partial charge in [0.15, 0.2) is 5.76 Å². The highest BCUT2D eigenvalue weighted by molar-refractivity contribution is 6.06. The Hall–Kier alpha value is -2.34. The Morgan fingerprint density at radius 3 is 2.47 bits per heavy atom. The van der Waals surface area contributed by atoms with Gasteiger partial charge in [-0.15, -0.1) is 0 Å². The zero-order chi connectivity index (χ0) is 22.7. The number of rotatable bonds is 10. The summed E-state index contributed by atoms with van der Waals surface area (Å²) in [4.78, 5) is 26.0. The van der Waals surface area contributed by atoms with Crippen LogP contribution in [0, 0.1) is 13.8 Å². The number of amides is 2. The van der Waals surface area contributed by atoms with E-state index in [0.29, 0.717) is 19.1 Å². The van der Waals surface area contributed by atoms with Gasteiger partial charge in [-0.1, -0.05) is 45.9 Å². The van der Waals surface area contributed by atoms with E-state index < -0.39 is 11.7 Å². The average Bonchev–Trinajstić information content (AvgIpc) is 3.01. The average molecular weight is 418 g/mol. The first kappa shape index (κ1) is 25.7. The minimum atomic E-state index is -0.454. The smallest absolute Gasteiger partial charge is 0.289 e. The standard InChI is InChI=1S/C22H33N3O3.C2H6/c1-15(2)23-11-6-12-25-14-19(20(26)22(25)28)21(27)24-10-5-7-18-9-8-16(3)17(4)13-18;1-2/h8-9,13,15,23,26H,5-7,10-12,14H2,1-4H3,(H,24,27);1-2H3. The van der Waals surface area contributed by atoms with Crippen molar-refractivity contribution in [2.45, 2.75) is 66.8 Å². The molecule has 0 spiro atoms. The minimum absolute atomic E-state index is 0.174. The Labute approximate surface area is 181 Å². The van der Waals surface area contributed by atoms with Gasteiger partial charge in [-0.25, -0.2) is 0 Å². The fraction of sp³-hybridized carbons (Fsp3) is 0.583. The molecule has 1 aromatic carbocycles. The number of benzene rings is 1. The number of aliphatic hydroxyl groups excluding tert-OH is 1. The highest BCUT2D eigenvalue weighted by atomic mass is 16.3. The van der Waals surface area contributed by atoms with Crippen molar-refractivity contribution in [1.29, 1.82) is 0 Å². The molecule has 0 aliphatic carbocycles. The monoisotopic (exact) mass is 417 g/mol. The topological polar surface area (TPSA) is 81.7 Å². The van der Waals surface area contributed by atoms with Crippen molar-refractivity contribution in [3.05, 3.63) is 46.2 Å². The number of hydrogen-bond donors (Lipinski definition) is 3. The minimum Gasteiger partial charge on any atom is -0.503 e. The van der Waals surface area contributed by atoms with Crippen LogP contribution < -0.4 is 10.6 Å². The molecule has 6 nitrogen and oxygen atoms in total. The van der Waals surface area contributed by atoms with Gasteiger partial charge in [0.1, 0.15) is 0 Å². The van der Waals surface area contributed by atoms with E-state index >= 15 is 0 Å². The van der Waals surface area contributed by atoms with Crippen LogP contribution in [-0.2, 0) is 16.0 Å². The zero-order valence-corrected chi connectivity index (χ0v) is 19.5. The van der Waals surface area contributed by atoms with Crippen LogP contribution in [0.3, 0.4) is 0 Å². The van der Waals surface area contributed by atoms with Crippen LogP contribution in [0.1, 0.15) is 57.2 Å². The van der Waals surface area contributed by atoms with Crippen LogP contribution in [0.25, 0.3) is 0 Å². The quantitative estimate of drug-likeness (QED) is 0.510. The molecule has 0 unspecified atom stereocenters. The number of carbonyl (C=O) groups excluding carboxylic acids is 2. The number of aryl methyl sites for hydroxylation is 3. The number of carbonyl (C=O) groups is 2. The first-order valence-corrected chi connectivity index (χ1v) is 11.1. The van der Waals surface area contributed by atoms with Gasteiger partial charge in [0.05, 0.1) is 12.1 Å². The molecular weight excluding hydrogens is 378 g/mol. The van der Waals surface area contributed by atoms with Gasteiger partial charge < -0.3 is 20.6 Å². The number of hydrogen-bond acceptors (Lipinski definition) is 4. The van der Waals surface area contributed by atoms with E-state index in [-0.39, 0.29) is 18.0 Å². The lowest BCUT2D eigenvalue weighted by Crippen LogP contribution is -2.33. The fourth-order valence-corrected chi connectivity index (χ4v) is 3.20. The van der Waals surface area contributed by atoms with Gasteiger partial charge in [0, 0.05) is 19.1 Å². The van der Waals surface area contributed by atoms with Crippen LogP contribution >= 0.6 is 0 Å². The second-order valence-electron chi connectivity index (χ2n) is 7.79. The van der Waals surface area contributed by atoms with E-state index in [1.807, 2.05) is 13.8 Å². The first-order valence-electron chi connectivity index (χ1n) is 11.1. The molecule has 0 radical (unpaired) electrons. The lowest BCUT2D eigenvalue weighted by atomic mass is 10.0. The Kier molecular flexibility index (Phi) is 11.2. The molecule has 6 heteroatoms. The third-order valence-corrected chi connectivity index (χ3v) is 5.06. The van der Waals surface area contributed by atoms with Crippen molar-refractivity contribution in [2.75, 3.05) is 26.2 Å². The van der Waals surface area contributed by atoms with Crippen LogP contribution in [0.4, 0.5) is 0 Å². The van der Waals surface area contributed by atoms with E-state index in [4.69, 9.17) is 0 Å². The van der Waals surface area contributed by atoms with Crippen molar-refractivity contribution in [3.63, 3.8) is 0 Å². The molecular formula is C24H39N3O3. The molecule has 3 N–H and O–H groups in total. The highest BCUT2D eigenvalue weighted by Crippen LogP contribution is 2.17. The Bertz CT molecular complexity index is 741. The normalized spacial score (nSPS) is 13.6. The van der Waals surface area contributed by atoms with E-state index in [1.54, 1.807) is 0 Å². The largest absolute Gasteiger partial charge is 0.503 e. The van der Waals surface area contributed by atoms with Crippen LogP contribution in [0.5, 0.6) is 0 Å². The molecule has 0 saturated carbocycles. The van der Waals surface area contributed by atoms with E-state index in [1.165, 1.54) is 21.6 Å². The van der Waals surface area contributed by atoms with Gasteiger partial charge >= 0.3 is 0 Å². The molecule has 0 fully saturated rings. The maximum absolute atomic E-state index is 12.4. The van der Waals surface area contributed by atoms with Crippen LogP contribution in [0.15, 0.2) is 29.5 Å². The summed E-state index contributed by atoms with van der Waals surface area (Å²) in [7, 11) is 0. The third-order valence-electron chi connectivity index (χ3n) is 5.06. The zero-order valence-electron chi connectivity index (χ0n) is 19.5. The van der Waals surface area contributed by atoms with Crippen molar-refractivity contribution < 1.29 is 14.7 Å². The maximum atomic E-state index is 12.4. The molecule has 1 aliphatic heterocycles. The van der Waals surface area contributed by atoms with Gasteiger partial charge in [-0.05, 0) is 56.3 Å². The molecule has 0 bridgehead atoms. The summed E-state index contributed by atoms with van der Waals surface area (Å²) in [5, 5.41) is 16.2. The maximum Gasteiger partial charge on any atom is 0.289 e. The summed E-state index contributed by atoms with van der Waals surface area (Å²) in [5.41, 5.74) is 3.96. The third kappa shape index (κ3) is 7.82. The molecule has 2 rings (SSSR count). The predicted molar refractivity (Wildman–Crippen MR) is 123 cm³/mol.